The van der Waals surface area contributed by atoms with Crippen LogP contribution in [0.2, 0.25) is 0 Å². The lowest BCUT2D eigenvalue weighted by molar-refractivity contribution is -0.128. The minimum atomic E-state index is -0.550. The van der Waals surface area contributed by atoms with Crippen LogP contribution in [-0.2, 0) is 11.2 Å². The molecule has 0 fully saturated rings. The minimum absolute atomic E-state index is 0.301. The van der Waals surface area contributed by atoms with Crippen LogP contribution in [0.5, 0.6) is 5.75 Å². The van der Waals surface area contributed by atoms with Crippen molar-refractivity contribution in [3.05, 3.63) is 42.5 Å². The topological polar surface area (TPSA) is 64.3 Å². The second-order valence-corrected chi connectivity index (χ2v) is 4.00. The van der Waals surface area contributed by atoms with Gasteiger partial charge in [-0.05, 0) is 24.5 Å². The number of para-hydroxylation sites is 1. The summed E-state index contributed by atoms with van der Waals surface area (Å²) in [6.07, 6.45) is 3.44. The van der Waals surface area contributed by atoms with Crippen molar-refractivity contribution in [3.63, 3.8) is 0 Å². The molecule has 0 saturated carbocycles. The van der Waals surface area contributed by atoms with Crippen molar-refractivity contribution in [3.8, 4) is 5.75 Å². The van der Waals surface area contributed by atoms with Crippen LogP contribution in [0.3, 0.4) is 0 Å². The summed E-state index contributed by atoms with van der Waals surface area (Å²) < 4.78 is 5.75. The summed E-state index contributed by atoms with van der Waals surface area (Å²) in [4.78, 5) is 11.6. The van der Waals surface area contributed by atoms with E-state index in [1.165, 1.54) is 0 Å². The molecule has 1 amide bonds. The van der Waals surface area contributed by atoms with E-state index in [0.29, 0.717) is 18.6 Å². The van der Waals surface area contributed by atoms with Crippen LogP contribution in [-0.4, -0.2) is 12.0 Å². The van der Waals surface area contributed by atoms with Crippen molar-refractivity contribution >= 4 is 5.91 Å². The molecule has 0 aliphatic heterocycles. The summed E-state index contributed by atoms with van der Waals surface area (Å²) in [5.74, 6) is 5.57. The molecule has 0 bridgehead atoms. The Labute approximate surface area is 108 Å². The maximum Gasteiger partial charge on any atom is 0.274 e. The van der Waals surface area contributed by atoms with E-state index < -0.39 is 6.10 Å². The molecule has 0 saturated heterocycles. The molecule has 1 aromatic carbocycles. The Balaban J connectivity index is 2.85. The van der Waals surface area contributed by atoms with Gasteiger partial charge in [0.1, 0.15) is 5.75 Å². The predicted octanol–water partition coefficient (Wildman–Crippen LogP) is 1.95. The molecule has 1 unspecified atom stereocenters. The highest BCUT2D eigenvalue weighted by Gasteiger charge is 2.19. The Bertz CT molecular complexity index is 405. The van der Waals surface area contributed by atoms with Gasteiger partial charge in [-0.3, -0.25) is 10.2 Å². The molecule has 1 atom stereocenters. The Morgan fingerprint density at radius 2 is 2.28 bits per heavy atom. The first-order valence-electron chi connectivity index (χ1n) is 6.08. The van der Waals surface area contributed by atoms with Crippen LogP contribution in [0.1, 0.15) is 25.3 Å². The number of nitrogens with one attached hydrogen (secondary N) is 1. The molecular formula is C14H20N2O2. The van der Waals surface area contributed by atoms with Gasteiger partial charge < -0.3 is 4.74 Å². The van der Waals surface area contributed by atoms with Gasteiger partial charge in [-0.25, -0.2) is 5.84 Å². The van der Waals surface area contributed by atoms with Gasteiger partial charge in [0.15, 0.2) is 6.10 Å². The molecule has 98 valence electrons. The highest BCUT2D eigenvalue weighted by atomic mass is 16.5. The Hall–Kier alpha value is -1.81. The van der Waals surface area contributed by atoms with Crippen molar-refractivity contribution in [2.45, 2.75) is 32.3 Å². The summed E-state index contributed by atoms with van der Waals surface area (Å²) in [6.45, 7) is 5.70. The van der Waals surface area contributed by atoms with E-state index in [1.54, 1.807) is 6.08 Å². The SMILES string of the molecule is C=CCc1ccccc1OC(CCC)C(=O)NN. The third-order valence-corrected chi connectivity index (χ3v) is 2.59. The molecule has 0 aliphatic rings. The minimum Gasteiger partial charge on any atom is -0.480 e. The van der Waals surface area contributed by atoms with Crippen LogP contribution in [0.25, 0.3) is 0 Å². The number of benzene rings is 1. The lowest BCUT2D eigenvalue weighted by Crippen LogP contribution is -2.42. The zero-order chi connectivity index (χ0) is 13.4. The second kappa shape index (κ2) is 7.50. The van der Waals surface area contributed by atoms with Crippen molar-refractivity contribution < 1.29 is 9.53 Å². The molecule has 4 heteroatoms. The zero-order valence-electron chi connectivity index (χ0n) is 10.7. The van der Waals surface area contributed by atoms with Gasteiger partial charge in [0.25, 0.3) is 5.91 Å². The van der Waals surface area contributed by atoms with E-state index in [1.807, 2.05) is 31.2 Å². The molecule has 4 nitrogen and oxygen atoms in total. The average molecular weight is 248 g/mol. The first kappa shape index (κ1) is 14.3. The van der Waals surface area contributed by atoms with Gasteiger partial charge in [0, 0.05) is 0 Å². The zero-order valence-corrected chi connectivity index (χ0v) is 10.7. The first-order valence-corrected chi connectivity index (χ1v) is 6.08. The number of amides is 1. The fourth-order valence-corrected chi connectivity index (χ4v) is 1.69. The van der Waals surface area contributed by atoms with E-state index in [-0.39, 0.29) is 5.91 Å². The summed E-state index contributed by atoms with van der Waals surface area (Å²) >= 11 is 0. The van der Waals surface area contributed by atoms with Gasteiger partial charge in [0.05, 0.1) is 0 Å². The Kier molecular flexibility index (Phi) is 5.94. The van der Waals surface area contributed by atoms with Crippen molar-refractivity contribution in [2.75, 3.05) is 0 Å². The standard InChI is InChI=1S/C14H20N2O2/c1-3-7-11-9-5-6-10-12(11)18-13(8-4-2)14(17)16-15/h3,5-6,9-10,13H,1,4,7-8,15H2,2H3,(H,16,17). The van der Waals surface area contributed by atoms with Crippen LogP contribution in [0.15, 0.2) is 36.9 Å². The highest BCUT2D eigenvalue weighted by Crippen LogP contribution is 2.21. The van der Waals surface area contributed by atoms with Gasteiger partial charge in [-0.1, -0.05) is 37.6 Å². The van der Waals surface area contributed by atoms with Crippen molar-refractivity contribution in [1.82, 2.24) is 5.43 Å². The van der Waals surface area contributed by atoms with Crippen LogP contribution < -0.4 is 16.0 Å². The maximum atomic E-state index is 11.6. The number of hydrogen-bond acceptors (Lipinski definition) is 3. The molecule has 18 heavy (non-hydrogen) atoms. The first-order chi connectivity index (χ1) is 8.72. The number of ether oxygens (including phenoxy) is 1. The number of rotatable bonds is 7. The quantitative estimate of drug-likeness (QED) is 0.335. The van der Waals surface area contributed by atoms with Gasteiger partial charge in [-0.15, -0.1) is 6.58 Å². The fraction of sp³-hybridized carbons (Fsp3) is 0.357. The number of hydrogen-bond donors (Lipinski definition) is 2. The number of carbonyl (C=O) groups is 1. The second-order valence-electron chi connectivity index (χ2n) is 4.00. The molecule has 1 rings (SSSR count). The Morgan fingerprint density at radius 3 is 2.89 bits per heavy atom. The predicted molar refractivity (Wildman–Crippen MR) is 72.0 cm³/mol. The summed E-state index contributed by atoms with van der Waals surface area (Å²) in [5.41, 5.74) is 3.15. The number of nitrogens with two attached hydrogens (primary N) is 1. The molecule has 0 aliphatic carbocycles. The van der Waals surface area contributed by atoms with Gasteiger partial charge >= 0.3 is 0 Å². The van der Waals surface area contributed by atoms with Crippen molar-refractivity contribution in [1.29, 1.82) is 0 Å². The van der Waals surface area contributed by atoms with Crippen LogP contribution in [0.4, 0.5) is 0 Å². The van der Waals surface area contributed by atoms with E-state index in [4.69, 9.17) is 10.6 Å². The monoisotopic (exact) mass is 248 g/mol. The lowest BCUT2D eigenvalue weighted by atomic mass is 10.1. The number of carbonyl (C=O) groups excluding carboxylic acids is 1. The highest BCUT2D eigenvalue weighted by molar-refractivity contribution is 5.80. The smallest absolute Gasteiger partial charge is 0.274 e. The van der Waals surface area contributed by atoms with E-state index >= 15 is 0 Å². The van der Waals surface area contributed by atoms with Crippen LogP contribution >= 0.6 is 0 Å². The van der Waals surface area contributed by atoms with E-state index in [0.717, 1.165) is 12.0 Å². The van der Waals surface area contributed by atoms with Gasteiger partial charge in [0.2, 0.25) is 0 Å². The number of hydrazine groups is 1. The molecule has 0 heterocycles. The summed E-state index contributed by atoms with van der Waals surface area (Å²) in [7, 11) is 0. The normalized spacial score (nSPS) is 11.7. The molecular weight excluding hydrogens is 228 g/mol. The third kappa shape index (κ3) is 3.89. The van der Waals surface area contributed by atoms with E-state index in [2.05, 4.69) is 12.0 Å². The summed E-state index contributed by atoms with van der Waals surface area (Å²) in [5, 5.41) is 0. The molecule has 0 radical (unpaired) electrons. The number of allylic oxidation sites excluding steroid dienone is 1. The molecule has 3 N–H and O–H groups in total. The van der Waals surface area contributed by atoms with Gasteiger partial charge in [-0.2, -0.15) is 0 Å². The van der Waals surface area contributed by atoms with Crippen LogP contribution in [0, 0.1) is 0 Å². The fourth-order valence-electron chi connectivity index (χ4n) is 1.69. The largest absolute Gasteiger partial charge is 0.480 e. The third-order valence-electron chi connectivity index (χ3n) is 2.59. The average Bonchev–Trinajstić information content (AvgIpc) is 2.39. The Morgan fingerprint density at radius 1 is 1.56 bits per heavy atom. The lowest BCUT2D eigenvalue weighted by Gasteiger charge is -2.18. The molecule has 1 aromatic rings. The summed E-state index contributed by atoms with van der Waals surface area (Å²) in [6, 6.07) is 7.63. The maximum absolute atomic E-state index is 11.6. The van der Waals surface area contributed by atoms with Crippen molar-refractivity contribution in [2.24, 2.45) is 5.84 Å². The molecule has 0 spiro atoms. The molecule has 0 aromatic heterocycles. The van der Waals surface area contributed by atoms with E-state index in [9.17, 15) is 4.79 Å².